The predicted molar refractivity (Wildman–Crippen MR) is 81.4 cm³/mol. The van der Waals surface area contributed by atoms with Crippen LogP contribution in [-0.2, 0) is 4.74 Å². The molecule has 0 radical (unpaired) electrons. The van der Waals surface area contributed by atoms with Crippen LogP contribution < -0.4 is 9.47 Å². The zero-order valence-electron chi connectivity index (χ0n) is 12.5. The van der Waals surface area contributed by atoms with Crippen molar-refractivity contribution in [3.05, 3.63) is 53.9 Å². The third-order valence-corrected chi connectivity index (χ3v) is 4.05. The van der Waals surface area contributed by atoms with Crippen molar-refractivity contribution in [3.63, 3.8) is 0 Å². The van der Waals surface area contributed by atoms with Gasteiger partial charge in [0.25, 0.3) is 5.91 Å². The van der Waals surface area contributed by atoms with Gasteiger partial charge < -0.3 is 19.1 Å². The molecular weight excluding hydrogens is 296 g/mol. The normalized spacial score (nSPS) is 19.7. The van der Waals surface area contributed by atoms with E-state index in [2.05, 4.69) is 4.98 Å². The van der Waals surface area contributed by atoms with Crippen molar-refractivity contribution in [3.8, 4) is 11.5 Å². The molecule has 0 unspecified atom stereocenters. The highest BCUT2D eigenvalue weighted by Gasteiger charge is 2.27. The molecule has 1 aromatic heterocycles. The molecule has 4 rings (SSSR count). The SMILES string of the molecule is O=C(c1ccc2c(c1)OCO2)N1CCO[C@@H](c2ccncc2)C1. The summed E-state index contributed by atoms with van der Waals surface area (Å²) in [4.78, 5) is 18.6. The quantitative estimate of drug-likeness (QED) is 0.849. The summed E-state index contributed by atoms with van der Waals surface area (Å²) in [5, 5.41) is 0. The number of ether oxygens (including phenoxy) is 3. The summed E-state index contributed by atoms with van der Waals surface area (Å²) in [5.74, 6) is 1.28. The molecule has 1 saturated heterocycles. The van der Waals surface area contributed by atoms with E-state index in [9.17, 15) is 4.79 Å². The molecule has 1 fully saturated rings. The lowest BCUT2D eigenvalue weighted by molar-refractivity contribution is -0.0228. The van der Waals surface area contributed by atoms with Crippen LogP contribution in [0.25, 0.3) is 0 Å². The number of pyridine rings is 1. The second-order valence-electron chi connectivity index (χ2n) is 5.46. The number of benzene rings is 1. The minimum Gasteiger partial charge on any atom is -0.454 e. The Bertz CT molecular complexity index is 720. The monoisotopic (exact) mass is 312 g/mol. The molecule has 0 bridgehead atoms. The molecule has 118 valence electrons. The lowest BCUT2D eigenvalue weighted by Gasteiger charge is -2.33. The summed E-state index contributed by atoms with van der Waals surface area (Å²) in [6.07, 6.45) is 3.35. The van der Waals surface area contributed by atoms with Crippen molar-refractivity contribution in [2.45, 2.75) is 6.10 Å². The van der Waals surface area contributed by atoms with Crippen LogP contribution in [0.1, 0.15) is 22.0 Å². The first-order valence-corrected chi connectivity index (χ1v) is 7.52. The molecule has 2 aliphatic rings. The number of carbonyl (C=O) groups is 1. The highest BCUT2D eigenvalue weighted by Crippen LogP contribution is 2.33. The van der Waals surface area contributed by atoms with Gasteiger partial charge in [-0.25, -0.2) is 0 Å². The van der Waals surface area contributed by atoms with Crippen LogP contribution in [0.2, 0.25) is 0 Å². The molecule has 6 heteroatoms. The fraction of sp³-hybridized carbons (Fsp3) is 0.294. The van der Waals surface area contributed by atoms with Gasteiger partial charge in [0.15, 0.2) is 11.5 Å². The number of hydrogen-bond acceptors (Lipinski definition) is 5. The Labute approximate surface area is 133 Å². The van der Waals surface area contributed by atoms with Gasteiger partial charge >= 0.3 is 0 Å². The molecule has 23 heavy (non-hydrogen) atoms. The summed E-state index contributed by atoms with van der Waals surface area (Å²) >= 11 is 0. The molecule has 0 aliphatic carbocycles. The van der Waals surface area contributed by atoms with E-state index in [4.69, 9.17) is 14.2 Å². The Morgan fingerprint density at radius 1 is 1.13 bits per heavy atom. The van der Waals surface area contributed by atoms with Crippen LogP contribution in [0.5, 0.6) is 11.5 Å². The van der Waals surface area contributed by atoms with Crippen LogP contribution in [-0.4, -0.2) is 42.3 Å². The maximum atomic E-state index is 12.7. The number of fused-ring (bicyclic) bond motifs is 1. The Morgan fingerprint density at radius 2 is 1.96 bits per heavy atom. The van der Waals surface area contributed by atoms with Gasteiger partial charge in [0.2, 0.25) is 6.79 Å². The number of aromatic nitrogens is 1. The lowest BCUT2D eigenvalue weighted by atomic mass is 10.1. The molecule has 1 atom stereocenters. The van der Waals surface area contributed by atoms with Gasteiger partial charge in [0.05, 0.1) is 13.2 Å². The fourth-order valence-electron chi connectivity index (χ4n) is 2.83. The lowest BCUT2D eigenvalue weighted by Crippen LogP contribution is -2.42. The maximum Gasteiger partial charge on any atom is 0.254 e. The topological polar surface area (TPSA) is 60.9 Å². The minimum atomic E-state index is -0.121. The number of nitrogens with zero attached hydrogens (tertiary/aromatic N) is 2. The average Bonchev–Trinajstić information content (AvgIpc) is 3.09. The summed E-state index contributed by atoms with van der Waals surface area (Å²) in [5.41, 5.74) is 1.63. The van der Waals surface area contributed by atoms with Crippen LogP contribution in [0.4, 0.5) is 0 Å². The van der Waals surface area contributed by atoms with E-state index in [1.807, 2.05) is 17.0 Å². The number of hydrogen-bond donors (Lipinski definition) is 0. The molecule has 3 heterocycles. The van der Waals surface area contributed by atoms with Crippen molar-refractivity contribution in [2.75, 3.05) is 26.5 Å². The summed E-state index contributed by atoms with van der Waals surface area (Å²) in [6.45, 7) is 1.82. The number of carbonyl (C=O) groups excluding carboxylic acids is 1. The molecule has 0 spiro atoms. The van der Waals surface area contributed by atoms with E-state index >= 15 is 0 Å². The predicted octanol–water partition coefficient (Wildman–Crippen LogP) is 2.02. The molecule has 1 aromatic carbocycles. The zero-order chi connectivity index (χ0) is 15.6. The average molecular weight is 312 g/mol. The van der Waals surface area contributed by atoms with Crippen LogP contribution in [0.15, 0.2) is 42.7 Å². The summed E-state index contributed by atoms with van der Waals surface area (Å²) in [7, 11) is 0. The van der Waals surface area contributed by atoms with Gasteiger partial charge in [0.1, 0.15) is 6.10 Å². The first-order chi connectivity index (χ1) is 11.3. The van der Waals surface area contributed by atoms with Crippen molar-refractivity contribution in [1.29, 1.82) is 0 Å². The third-order valence-electron chi connectivity index (χ3n) is 4.05. The smallest absolute Gasteiger partial charge is 0.254 e. The third kappa shape index (κ3) is 2.73. The van der Waals surface area contributed by atoms with E-state index in [1.165, 1.54) is 0 Å². The Morgan fingerprint density at radius 3 is 2.83 bits per heavy atom. The van der Waals surface area contributed by atoms with Gasteiger partial charge in [-0.2, -0.15) is 0 Å². The number of rotatable bonds is 2. The second-order valence-corrected chi connectivity index (χ2v) is 5.46. The molecular formula is C17H16N2O4. The van der Waals surface area contributed by atoms with E-state index in [1.54, 1.807) is 30.6 Å². The standard InChI is InChI=1S/C17H16N2O4/c20-17(13-1-2-14-15(9-13)23-11-22-14)19-7-8-21-16(10-19)12-3-5-18-6-4-12/h1-6,9,16H,7-8,10-11H2/t16-/m1/s1. The van der Waals surface area contributed by atoms with E-state index in [-0.39, 0.29) is 18.8 Å². The first kappa shape index (κ1) is 14.0. The Balaban J connectivity index is 1.52. The van der Waals surface area contributed by atoms with Crippen LogP contribution in [0.3, 0.4) is 0 Å². The molecule has 2 aliphatic heterocycles. The Hall–Kier alpha value is -2.60. The molecule has 6 nitrogen and oxygen atoms in total. The summed E-state index contributed by atoms with van der Waals surface area (Å²) in [6, 6.07) is 9.11. The van der Waals surface area contributed by atoms with Gasteiger partial charge in [-0.3, -0.25) is 9.78 Å². The zero-order valence-corrected chi connectivity index (χ0v) is 12.5. The van der Waals surface area contributed by atoms with Gasteiger partial charge in [-0.05, 0) is 35.9 Å². The molecule has 0 saturated carbocycles. The highest BCUT2D eigenvalue weighted by molar-refractivity contribution is 5.95. The maximum absolute atomic E-state index is 12.7. The molecule has 2 aromatic rings. The van der Waals surface area contributed by atoms with E-state index in [0.717, 1.165) is 5.56 Å². The highest BCUT2D eigenvalue weighted by atomic mass is 16.7. The van der Waals surface area contributed by atoms with Crippen molar-refractivity contribution < 1.29 is 19.0 Å². The first-order valence-electron chi connectivity index (χ1n) is 7.52. The largest absolute Gasteiger partial charge is 0.454 e. The molecule has 1 amide bonds. The van der Waals surface area contributed by atoms with Gasteiger partial charge in [0, 0.05) is 24.5 Å². The van der Waals surface area contributed by atoms with E-state index < -0.39 is 0 Å². The van der Waals surface area contributed by atoms with Gasteiger partial charge in [-0.1, -0.05) is 0 Å². The number of morpholine rings is 1. The van der Waals surface area contributed by atoms with Crippen LogP contribution in [0, 0.1) is 0 Å². The summed E-state index contributed by atoms with van der Waals surface area (Å²) < 4.78 is 16.4. The van der Waals surface area contributed by atoms with E-state index in [0.29, 0.717) is 36.8 Å². The van der Waals surface area contributed by atoms with Crippen LogP contribution >= 0.6 is 0 Å². The number of amides is 1. The van der Waals surface area contributed by atoms with Crippen molar-refractivity contribution >= 4 is 5.91 Å². The Kier molecular flexibility index (Phi) is 3.59. The van der Waals surface area contributed by atoms with Gasteiger partial charge in [-0.15, -0.1) is 0 Å². The fourth-order valence-corrected chi connectivity index (χ4v) is 2.83. The minimum absolute atomic E-state index is 0.0225. The second kappa shape index (κ2) is 5.89. The van der Waals surface area contributed by atoms with Crippen molar-refractivity contribution in [1.82, 2.24) is 9.88 Å². The molecule has 0 N–H and O–H groups in total. The van der Waals surface area contributed by atoms with Crippen molar-refractivity contribution in [2.24, 2.45) is 0 Å².